The van der Waals surface area contributed by atoms with E-state index in [1.54, 1.807) is 12.1 Å². The molecule has 3 heteroatoms. The van der Waals surface area contributed by atoms with Crippen LogP contribution in [-0.4, -0.2) is 0 Å². The zero-order valence-electron chi connectivity index (χ0n) is 8.38. The summed E-state index contributed by atoms with van der Waals surface area (Å²) in [5.41, 5.74) is 1.31. The zero-order chi connectivity index (χ0) is 10.3. The number of benzene rings is 2. The van der Waals surface area contributed by atoms with Gasteiger partial charge in [-0.3, -0.25) is 4.79 Å². The van der Waals surface area contributed by atoms with Crippen LogP contribution in [-0.2, 0) is 13.5 Å². The SMILES string of the molecule is O=c1c2ccccc2oc2ccccc12.[SH-]. The third-order valence-electron chi connectivity index (χ3n) is 2.48. The van der Waals surface area contributed by atoms with Crippen LogP contribution in [0.15, 0.2) is 57.7 Å². The molecule has 0 saturated heterocycles. The minimum absolute atomic E-state index is 0. The number of hydrogen-bond acceptors (Lipinski definition) is 3. The van der Waals surface area contributed by atoms with Crippen molar-refractivity contribution in [3.05, 3.63) is 58.8 Å². The van der Waals surface area contributed by atoms with Crippen LogP contribution in [0.4, 0.5) is 0 Å². The van der Waals surface area contributed by atoms with Crippen molar-refractivity contribution in [2.45, 2.75) is 0 Å². The van der Waals surface area contributed by atoms with E-state index < -0.39 is 0 Å². The van der Waals surface area contributed by atoms with Gasteiger partial charge in [-0.15, -0.1) is 0 Å². The summed E-state index contributed by atoms with van der Waals surface area (Å²) in [6.07, 6.45) is 0. The zero-order valence-corrected chi connectivity index (χ0v) is 9.28. The fourth-order valence-corrected chi connectivity index (χ4v) is 1.75. The Balaban J connectivity index is 0.000000963. The van der Waals surface area contributed by atoms with E-state index in [2.05, 4.69) is 0 Å². The smallest absolute Gasteiger partial charge is 0.200 e. The first-order valence-electron chi connectivity index (χ1n) is 4.77. The quantitative estimate of drug-likeness (QED) is 0.337. The lowest BCUT2D eigenvalue weighted by atomic mass is 10.1. The van der Waals surface area contributed by atoms with Gasteiger partial charge in [0.05, 0.1) is 10.8 Å². The van der Waals surface area contributed by atoms with E-state index >= 15 is 0 Å². The lowest BCUT2D eigenvalue weighted by molar-refractivity contribution is 0.660. The van der Waals surface area contributed by atoms with Gasteiger partial charge in [0.2, 0.25) is 5.43 Å². The third kappa shape index (κ3) is 1.49. The summed E-state index contributed by atoms with van der Waals surface area (Å²) < 4.78 is 5.63. The van der Waals surface area contributed by atoms with Crippen LogP contribution in [0, 0.1) is 0 Å². The standard InChI is InChI=1S/C13H8O2.H2S/c14-13-9-5-1-3-7-11(9)15-12-8-4-2-6-10(12)13;/h1-8H;1H2/p-1. The molecule has 0 atom stereocenters. The van der Waals surface area contributed by atoms with E-state index in [4.69, 9.17) is 4.42 Å². The number of hydrogen-bond donors (Lipinski definition) is 0. The summed E-state index contributed by atoms with van der Waals surface area (Å²) in [5.74, 6) is 0. The number of rotatable bonds is 0. The second-order valence-corrected chi connectivity index (χ2v) is 3.42. The summed E-state index contributed by atoms with van der Waals surface area (Å²) in [6, 6.07) is 14.6. The molecule has 0 bridgehead atoms. The molecule has 1 heterocycles. The Bertz CT molecular complexity index is 644. The third-order valence-corrected chi connectivity index (χ3v) is 2.48. The van der Waals surface area contributed by atoms with Gasteiger partial charge in [0, 0.05) is 0 Å². The highest BCUT2D eigenvalue weighted by molar-refractivity contribution is 7.37. The van der Waals surface area contributed by atoms with Crippen LogP contribution in [0.5, 0.6) is 0 Å². The summed E-state index contributed by atoms with van der Waals surface area (Å²) in [4.78, 5) is 12.0. The largest absolute Gasteiger partial charge is 0.813 e. The molecule has 0 aliphatic heterocycles. The van der Waals surface area contributed by atoms with Crippen LogP contribution < -0.4 is 5.43 Å². The molecule has 1 aromatic heterocycles. The van der Waals surface area contributed by atoms with Crippen molar-refractivity contribution in [3.8, 4) is 0 Å². The lowest BCUT2D eigenvalue weighted by Crippen LogP contribution is -2.01. The van der Waals surface area contributed by atoms with Gasteiger partial charge in [-0.2, -0.15) is 0 Å². The van der Waals surface area contributed by atoms with E-state index in [0.717, 1.165) is 0 Å². The van der Waals surface area contributed by atoms with Crippen LogP contribution in [0.25, 0.3) is 21.9 Å². The normalized spacial score (nSPS) is 10.2. The average molecular weight is 229 g/mol. The molecule has 0 unspecified atom stereocenters. The van der Waals surface area contributed by atoms with Gasteiger partial charge >= 0.3 is 0 Å². The van der Waals surface area contributed by atoms with E-state index in [-0.39, 0.29) is 18.9 Å². The Morgan fingerprint density at radius 1 is 0.750 bits per heavy atom. The molecule has 0 radical (unpaired) electrons. The molecule has 16 heavy (non-hydrogen) atoms. The maximum Gasteiger partial charge on any atom is 0.200 e. The van der Waals surface area contributed by atoms with Crippen molar-refractivity contribution in [1.82, 2.24) is 0 Å². The monoisotopic (exact) mass is 229 g/mol. The Kier molecular flexibility index (Phi) is 2.71. The molecule has 3 aromatic rings. The Morgan fingerprint density at radius 3 is 1.69 bits per heavy atom. The number of thiol groups is 1. The minimum atomic E-state index is 0. The number of para-hydroxylation sites is 2. The summed E-state index contributed by atoms with van der Waals surface area (Å²) in [5, 5.41) is 1.27. The van der Waals surface area contributed by atoms with Gasteiger partial charge < -0.3 is 17.9 Å². The van der Waals surface area contributed by atoms with Crippen molar-refractivity contribution in [2.75, 3.05) is 0 Å². The van der Waals surface area contributed by atoms with Gasteiger partial charge in [-0.25, -0.2) is 0 Å². The summed E-state index contributed by atoms with van der Waals surface area (Å²) in [6.45, 7) is 0. The molecule has 0 N–H and O–H groups in total. The summed E-state index contributed by atoms with van der Waals surface area (Å²) >= 11 is 0. The highest BCUT2D eigenvalue weighted by atomic mass is 32.1. The predicted molar refractivity (Wildman–Crippen MR) is 68.8 cm³/mol. The topological polar surface area (TPSA) is 30.2 Å². The molecule has 2 aromatic carbocycles. The molecule has 0 aliphatic carbocycles. The van der Waals surface area contributed by atoms with Crippen molar-refractivity contribution in [2.24, 2.45) is 0 Å². The predicted octanol–water partition coefficient (Wildman–Crippen LogP) is 2.68. The fraction of sp³-hybridized carbons (Fsp3) is 0. The molecule has 2 nitrogen and oxygen atoms in total. The molecular formula is C13H9O2S-. The van der Waals surface area contributed by atoms with E-state index in [1.807, 2.05) is 36.4 Å². The van der Waals surface area contributed by atoms with Crippen LogP contribution in [0.2, 0.25) is 0 Å². The second kappa shape index (κ2) is 4.02. The van der Waals surface area contributed by atoms with Gasteiger partial charge in [0.15, 0.2) is 0 Å². The molecule has 0 fully saturated rings. The highest BCUT2D eigenvalue weighted by Crippen LogP contribution is 2.17. The van der Waals surface area contributed by atoms with Gasteiger partial charge in [-0.05, 0) is 24.3 Å². The van der Waals surface area contributed by atoms with Gasteiger partial charge in [0.1, 0.15) is 11.2 Å². The van der Waals surface area contributed by atoms with Crippen molar-refractivity contribution >= 4 is 35.4 Å². The first-order chi connectivity index (χ1) is 7.36. The van der Waals surface area contributed by atoms with Crippen LogP contribution in [0.1, 0.15) is 0 Å². The van der Waals surface area contributed by atoms with Crippen molar-refractivity contribution in [3.63, 3.8) is 0 Å². The molecule has 80 valence electrons. The average Bonchev–Trinajstić information content (AvgIpc) is 2.30. The molecule has 0 saturated carbocycles. The van der Waals surface area contributed by atoms with E-state index in [0.29, 0.717) is 21.9 Å². The minimum Gasteiger partial charge on any atom is -0.813 e. The maximum atomic E-state index is 12.0. The Morgan fingerprint density at radius 2 is 1.19 bits per heavy atom. The highest BCUT2D eigenvalue weighted by Gasteiger charge is 2.04. The maximum absolute atomic E-state index is 12.0. The molecule has 0 aliphatic rings. The Hall–Kier alpha value is -1.74. The van der Waals surface area contributed by atoms with Crippen molar-refractivity contribution in [1.29, 1.82) is 0 Å². The Labute approximate surface area is 99.0 Å². The van der Waals surface area contributed by atoms with Gasteiger partial charge in [-0.1, -0.05) is 24.3 Å². The van der Waals surface area contributed by atoms with E-state index in [1.165, 1.54) is 0 Å². The second-order valence-electron chi connectivity index (χ2n) is 3.42. The summed E-state index contributed by atoms with van der Waals surface area (Å²) in [7, 11) is 0. The number of fused-ring (bicyclic) bond motifs is 2. The van der Waals surface area contributed by atoms with Crippen LogP contribution >= 0.6 is 0 Å². The lowest BCUT2D eigenvalue weighted by Gasteiger charge is -1.99. The molecule has 0 amide bonds. The fourth-order valence-electron chi connectivity index (χ4n) is 1.75. The van der Waals surface area contributed by atoms with Gasteiger partial charge in [0.25, 0.3) is 0 Å². The first kappa shape index (κ1) is 10.8. The molecule has 3 rings (SSSR count). The molecular weight excluding hydrogens is 220 g/mol. The van der Waals surface area contributed by atoms with Crippen molar-refractivity contribution < 1.29 is 4.42 Å². The molecule has 0 spiro atoms. The van der Waals surface area contributed by atoms with E-state index in [9.17, 15) is 4.79 Å². The van der Waals surface area contributed by atoms with Crippen LogP contribution in [0.3, 0.4) is 0 Å². The first-order valence-corrected chi connectivity index (χ1v) is 4.77.